The summed E-state index contributed by atoms with van der Waals surface area (Å²) in [7, 11) is 0. The Morgan fingerprint density at radius 1 is 1.52 bits per heavy atom. The molecule has 2 atom stereocenters. The molecular weight excluding hydrogens is 334 g/mol. The summed E-state index contributed by atoms with van der Waals surface area (Å²) in [6.45, 7) is 5.04. The smallest absolute Gasteiger partial charge is 0.253 e. The maximum atomic E-state index is 12.1. The van der Waals surface area contributed by atoms with Crippen LogP contribution in [0.1, 0.15) is 31.7 Å². The standard InChI is InChI=1S/C16H22BrNO3/c1-11-6-7-15(14(17)9-11)18-16(19)12(2)21-10-13-5-3-4-8-20-13/h6-7,9,12-13H,3-5,8,10H2,1-2H3,(H,18,19). The highest BCUT2D eigenvalue weighted by Gasteiger charge is 2.19. The van der Waals surface area contributed by atoms with Crippen LogP contribution in [0.2, 0.25) is 0 Å². The summed E-state index contributed by atoms with van der Waals surface area (Å²) in [5.74, 6) is -0.143. The quantitative estimate of drug-likeness (QED) is 0.876. The van der Waals surface area contributed by atoms with Crippen LogP contribution >= 0.6 is 15.9 Å². The number of carbonyl (C=O) groups is 1. The second kappa shape index (κ2) is 7.92. The number of aryl methyl sites for hydroxylation is 1. The third-order valence-electron chi connectivity index (χ3n) is 3.56. The van der Waals surface area contributed by atoms with E-state index >= 15 is 0 Å². The fraction of sp³-hybridized carbons (Fsp3) is 0.562. The van der Waals surface area contributed by atoms with Crippen molar-refractivity contribution < 1.29 is 14.3 Å². The molecule has 0 bridgehead atoms. The topological polar surface area (TPSA) is 47.6 Å². The molecule has 5 heteroatoms. The van der Waals surface area contributed by atoms with E-state index in [0.29, 0.717) is 6.61 Å². The summed E-state index contributed by atoms with van der Waals surface area (Å²) in [5, 5.41) is 2.87. The minimum atomic E-state index is -0.497. The highest BCUT2D eigenvalue weighted by molar-refractivity contribution is 9.10. The van der Waals surface area contributed by atoms with Crippen molar-refractivity contribution in [2.24, 2.45) is 0 Å². The normalized spacial score (nSPS) is 20.0. The van der Waals surface area contributed by atoms with Crippen LogP contribution in [0.3, 0.4) is 0 Å². The highest BCUT2D eigenvalue weighted by atomic mass is 79.9. The van der Waals surface area contributed by atoms with E-state index in [1.165, 1.54) is 6.42 Å². The zero-order valence-electron chi connectivity index (χ0n) is 12.5. The average molecular weight is 356 g/mol. The van der Waals surface area contributed by atoms with E-state index in [2.05, 4.69) is 21.2 Å². The van der Waals surface area contributed by atoms with Crippen LogP contribution in [0.25, 0.3) is 0 Å². The molecule has 0 saturated carbocycles. The number of nitrogens with one attached hydrogen (secondary N) is 1. The van der Waals surface area contributed by atoms with Gasteiger partial charge >= 0.3 is 0 Å². The fourth-order valence-corrected chi connectivity index (χ4v) is 2.81. The van der Waals surface area contributed by atoms with E-state index in [1.54, 1.807) is 6.92 Å². The Labute approximate surface area is 134 Å². The lowest BCUT2D eigenvalue weighted by molar-refractivity contribution is -0.130. The van der Waals surface area contributed by atoms with Crippen LogP contribution < -0.4 is 5.32 Å². The van der Waals surface area contributed by atoms with Crippen molar-refractivity contribution in [2.75, 3.05) is 18.5 Å². The maximum absolute atomic E-state index is 12.1. The number of benzene rings is 1. The van der Waals surface area contributed by atoms with Crippen molar-refractivity contribution in [1.29, 1.82) is 0 Å². The van der Waals surface area contributed by atoms with Crippen molar-refractivity contribution in [1.82, 2.24) is 0 Å². The summed E-state index contributed by atoms with van der Waals surface area (Å²) in [6.07, 6.45) is 2.93. The first kappa shape index (κ1) is 16.5. The summed E-state index contributed by atoms with van der Waals surface area (Å²) in [6, 6.07) is 5.81. The van der Waals surface area contributed by atoms with Crippen molar-refractivity contribution in [2.45, 2.75) is 45.3 Å². The van der Waals surface area contributed by atoms with E-state index < -0.39 is 6.10 Å². The van der Waals surface area contributed by atoms with Crippen LogP contribution in [0.5, 0.6) is 0 Å². The molecule has 0 radical (unpaired) electrons. The van der Waals surface area contributed by atoms with Gasteiger partial charge in [0.25, 0.3) is 5.91 Å². The lowest BCUT2D eigenvalue weighted by Crippen LogP contribution is -2.32. The molecule has 1 fully saturated rings. The molecule has 21 heavy (non-hydrogen) atoms. The van der Waals surface area contributed by atoms with Gasteiger partial charge in [0.05, 0.1) is 18.4 Å². The maximum Gasteiger partial charge on any atom is 0.253 e. The molecule has 0 aromatic heterocycles. The molecule has 1 aromatic carbocycles. The second-order valence-corrected chi connectivity index (χ2v) is 6.29. The predicted octanol–water partition coefficient (Wildman–Crippen LogP) is 3.67. The van der Waals surface area contributed by atoms with Gasteiger partial charge < -0.3 is 14.8 Å². The van der Waals surface area contributed by atoms with Gasteiger partial charge in [-0.2, -0.15) is 0 Å². The molecule has 1 heterocycles. The van der Waals surface area contributed by atoms with Crippen molar-refractivity contribution in [3.05, 3.63) is 28.2 Å². The average Bonchev–Trinajstić information content (AvgIpc) is 2.48. The van der Waals surface area contributed by atoms with Gasteiger partial charge in [-0.1, -0.05) is 6.07 Å². The number of rotatable bonds is 5. The molecule has 1 aromatic rings. The minimum absolute atomic E-state index is 0.125. The van der Waals surface area contributed by atoms with E-state index in [0.717, 1.165) is 35.2 Å². The number of halogens is 1. The molecule has 2 rings (SSSR count). The Balaban J connectivity index is 1.81. The number of ether oxygens (including phenoxy) is 2. The molecule has 116 valence electrons. The second-order valence-electron chi connectivity index (χ2n) is 5.44. The van der Waals surface area contributed by atoms with Crippen LogP contribution in [0.4, 0.5) is 5.69 Å². The number of hydrogen-bond donors (Lipinski definition) is 1. The molecule has 1 amide bonds. The number of anilines is 1. The zero-order valence-corrected chi connectivity index (χ0v) is 14.1. The van der Waals surface area contributed by atoms with Gasteiger partial charge in [0.1, 0.15) is 6.10 Å². The van der Waals surface area contributed by atoms with E-state index in [9.17, 15) is 4.79 Å². The Bertz CT molecular complexity index is 486. The number of carbonyl (C=O) groups excluding carboxylic acids is 1. The summed E-state index contributed by atoms with van der Waals surface area (Å²) < 4.78 is 12.1. The predicted molar refractivity (Wildman–Crippen MR) is 86.5 cm³/mol. The van der Waals surface area contributed by atoms with Crippen LogP contribution in [-0.2, 0) is 14.3 Å². The van der Waals surface area contributed by atoms with Crippen molar-refractivity contribution >= 4 is 27.5 Å². The highest BCUT2D eigenvalue weighted by Crippen LogP contribution is 2.23. The first-order chi connectivity index (χ1) is 10.1. The monoisotopic (exact) mass is 355 g/mol. The lowest BCUT2D eigenvalue weighted by Gasteiger charge is -2.24. The minimum Gasteiger partial charge on any atom is -0.376 e. The Morgan fingerprint density at radius 3 is 3.00 bits per heavy atom. The molecule has 0 spiro atoms. The van der Waals surface area contributed by atoms with E-state index in [-0.39, 0.29) is 12.0 Å². The molecule has 1 N–H and O–H groups in total. The SMILES string of the molecule is Cc1ccc(NC(=O)C(C)OCC2CCCCO2)c(Br)c1. The van der Waals surface area contributed by atoms with Gasteiger partial charge in [0, 0.05) is 11.1 Å². The molecule has 2 unspecified atom stereocenters. The van der Waals surface area contributed by atoms with E-state index in [4.69, 9.17) is 9.47 Å². The molecule has 1 aliphatic rings. The molecule has 1 saturated heterocycles. The third-order valence-corrected chi connectivity index (χ3v) is 4.21. The summed E-state index contributed by atoms with van der Waals surface area (Å²) in [4.78, 5) is 12.1. The Hall–Kier alpha value is -0.910. The Kier molecular flexibility index (Phi) is 6.21. The first-order valence-corrected chi connectivity index (χ1v) is 8.16. The number of amides is 1. The zero-order chi connectivity index (χ0) is 15.2. The van der Waals surface area contributed by atoms with Gasteiger partial charge in [-0.3, -0.25) is 4.79 Å². The first-order valence-electron chi connectivity index (χ1n) is 7.36. The van der Waals surface area contributed by atoms with Gasteiger partial charge in [-0.05, 0) is 66.7 Å². The van der Waals surface area contributed by atoms with Crippen molar-refractivity contribution in [3.8, 4) is 0 Å². The van der Waals surface area contributed by atoms with Crippen LogP contribution in [0, 0.1) is 6.92 Å². The molecule has 4 nitrogen and oxygen atoms in total. The molecular formula is C16H22BrNO3. The summed E-state index contributed by atoms with van der Waals surface area (Å²) in [5.41, 5.74) is 1.90. The van der Waals surface area contributed by atoms with Crippen LogP contribution in [0.15, 0.2) is 22.7 Å². The van der Waals surface area contributed by atoms with Crippen LogP contribution in [-0.4, -0.2) is 31.3 Å². The van der Waals surface area contributed by atoms with Gasteiger partial charge in [-0.15, -0.1) is 0 Å². The van der Waals surface area contributed by atoms with E-state index in [1.807, 2.05) is 25.1 Å². The van der Waals surface area contributed by atoms with Crippen molar-refractivity contribution in [3.63, 3.8) is 0 Å². The van der Waals surface area contributed by atoms with Gasteiger partial charge in [-0.25, -0.2) is 0 Å². The lowest BCUT2D eigenvalue weighted by atomic mass is 10.1. The molecule has 0 aliphatic carbocycles. The number of hydrogen-bond acceptors (Lipinski definition) is 3. The third kappa shape index (κ3) is 5.09. The largest absolute Gasteiger partial charge is 0.376 e. The molecule has 1 aliphatic heterocycles. The van der Waals surface area contributed by atoms with Gasteiger partial charge in [0.2, 0.25) is 0 Å². The summed E-state index contributed by atoms with van der Waals surface area (Å²) >= 11 is 3.45. The fourth-order valence-electron chi connectivity index (χ4n) is 2.22. The van der Waals surface area contributed by atoms with Gasteiger partial charge in [0.15, 0.2) is 0 Å². The Morgan fingerprint density at radius 2 is 2.33 bits per heavy atom.